The van der Waals surface area contributed by atoms with Crippen molar-refractivity contribution < 1.29 is 0 Å². The summed E-state index contributed by atoms with van der Waals surface area (Å²) in [6.07, 6.45) is 5.68. The molecule has 98 valence electrons. The molecular formula is C13H26N4. The summed E-state index contributed by atoms with van der Waals surface area (Å²) in [5, 5.41) is 3.43. The number of rotatable bonds is 8. The first kappa shape index (κ1) is 14.0. The second-order valence-corrected chi connectivity index (χ2v) is 4.84. The Morgan fingerprint density at radius 3 is 2.76 bits per heavy atom. The number of hydrogen-bond donors (Lipinski definition) is 1. The standard InChI is InChI=1S/C13H26N4/c1-5-9-17-11-12(2)15-13(17)14-8-6-7-10-16(3)4/h11H,5-10H2,1-4H3,(H,14,15). The molecule has 1 aromatic heterocycles. The molecule has 0 atom stereocenters. The zero-order chi connectivity index (χ0) is 12.7. The molecule has 0 aliphatic carbocycles. The van der Waals surface area contributed by atoms with Crippen LogP contribution < -0.4 is 5.32 Å². The topological polar surface area (TPSA) is 33.1 Å². The van der Waals surface area contributed by atoms with Gasteiger partial charge in [-0.15, -0.1) is 0 Å². The summed E-state index contributed by atoms with van der Waals surface area (Å²) in [4.78, 5) is 6.73. The van der Waals surface area contributed by atoms with Crippen LogP contribution in [0.25, 0.3) is 0 Å². The van der Waals surface area contributed by atoms with Gasteiger partial charge in [-0.3, -0.25) is 0 Å². The first-order valence-corrected chi connectivity index (χ1v) is 6.56. The summed E-state index contributed by atoms with van der Waals surface area (Å²) >= 11 is 0. The molecule has 4 heteroatoms. The third kappa shape index (κ3) is 5.22. The zero-order valence-electron chi connectivity index (χ0n) is 11.7. The van der Waals surface area contributed by atoms with Crippen molar-refractivity contribution in [3.63, 3.8) is 0 Å². The lowest BCUT2D eigenvalue weighted by Crippen LogP contribution is -2.15. The van der Waals surface area contributed by atoms with Crippen molar-refractivity contribution in [1.29, 1.82) is 0 Å². The molecule has 0 aliphatic rings. The van der Waals surface area contributed by atoms with E-state index in [1.54, 1.807) is 0 Å². The van der Waals surface area contributed by atoms with Crippen LogP contribution in [-0.2, 0) is 6.54 Å². The molecule has 0 saturated heterocycles. The monoisotopic (exact) mass is 238 g/mol. The van der Waals surface area contributed by atoms with Crippen molar-refractivity contribution >= 4 is 5.95 Å². The Labute approximate surface area is 105 Å². The highest BCUT2D eigenvalue weighted by atomic mass is 15.2. The molecule has 0 fully saturated rings. The van der Waals surface area contributed by atoms with Gasteiger partial charge in [0.1, 0.15) is 0 Å². The summed E-state index contributed by atoms with van der Waals surface area (Å²) in [5.41, 5.74) is 1.09. The number of imidazole rings is 1. The minimum atomic E-state index is 1.01. The van der Waals surface area contributed by atoms with Crippen LogP contribution in [0.15, 0.2) is 6.20 Å². The van der Waals surface area contributed by atoms with Gasteiger partial charge in [-0.2, -0.15) is 0 Å². The third-order valence-corrected chi connectivity index (χ3v) is 2.68. The molecule has 17 heavy (non-hydrogen) atoms. The average Bonchev–Trinajstić information content (AvgIpc) is 2.59. The smallest absolute Gasteiger partial charge is 0.203 e. The van der Waals surface area contributed by atoms with Crippen molar-refractivity contribution in [3.05, 3.63) is 11.9 Å². The van der Waals surface area contributed by atoms with Gasteiger partial charge < -0.3 is 14.8 Å². The fourth-order valence-corrected chi connectivity index (χ4v) is 1.85. The van der Waals surface area contributed by atoms with Gasteiger partial charge in [0.05, 0.1) is 5.69 Å². The Hall–Kier alpha value is -1.03. The summed E-state index contributed by atoms with van der Waals surface area (Å²) in [6.45, 7) is 7.44. The SMILES string of the molecule is CCCn1cc(C)nc1NCCCCN(C)C. The van der Waals surface area contributed by atoms with Crippen molar-refractivity contribution in [2.24, 2.45) is 0 Å². The predicted octanol–water partition coefficient (Wildman–Crippen LogP) is 2.36. The molecule has 1 heterocycles. The number of nitrogens with one attached hydrogen (secondary N) is 1. The van der Waals surface area contributed by atoms with Crippen molar-refractivity contribution in [2.75, 3.05) is 32.5 Å². The summed E-state index contributed by atoms with van der Waals surface area (Å²) in [5.74, 6) is 1.02. The number of anilines is 1. The summed E-state index contributed by atoms with van der Waals surface area (Å²) in [7, 11) is 4.23. The van der Waals surface area contributed by atoms with Crippen molar-refractivity contribution in [1.82, 2.24) is 14.5 Å². The normalized spacial score (nSPS) is 11.1. The second-order valence-electron chi connectivity index (χ2n) is 4.84. The fraction of sp³-hybridized carbons (Fsp3) is 0.769. The molecule has 0 bridgehead atoms. The van der Waals surface area contributed by atoms with E-state index in [0.29, 0.717) is 0 Å². The van der Waals surface area contributed by atoms with Gasteiger partial charge in [-0.05, 0) is 46.8 Å². The van der Waals surface area contributed by atoms with Gasteiger partial charge >= 0.3 is 0 Å². The van der Waals surface area contributed by atoms with Crippen molar-refractivity contribution in [2.45, 2.75) is 39.7 Å². The Balaban J connectivity index is 2.30. The molecule has 0 aromatic carbocycles. The van der Waals surface area contributed by atoms with Crippen LogP contribution in [0.2, 0.25) is 0 Å². The maximum atomic E-state index is 4.50. The Morgan fingerprint density at radius 1 is 1.35 bits per heavy atom. The van der Waals surface area contributed by atoms with E-state index in [9.17, 15) is 0 Å². The van der Waals surface area contributed by atoms with Gasteiger partial charge in [-0.1, -0.05) is 6.92 Å². The number of nitrogens with zero attached hydrogens (tertiary/aromatic N) is 3. The number of aryl methyl sites for hydroxylation is 2. The van der Waals surface area contributed by atoms with E-state index in [4.69, 9.17) is 0 Å². The highest BCUT2D eigenvalue weighted by Gasteiger charge is 2.03. The first-order valence-electron chi connectivity index (χ1n) is 6.56. The molecule has 0 aliphatic heterocycles. The molecule has 0 spiro atoms. The lowest BCUT2D eigenvalue weighted by Gasteiger charge is -2.10. The van der Waals surface area contributed by atoms with Crippen LogP contribution in [0.3, 0.4) is 0 Å². The molecule has 1 N–H and O–H groups in total. The van der Waals surface area contributed by atoms with E-state index in [0.717, 1.165) is 37.7 Å². The minimum Gasteiger partial charge on any atom is -0.356 e. The summed E-state index contributed by atoms with van der Waals surface area (Å²) < 4.78 is 2.21. The molecule has 1 aromatic rings. The van der Waals surface area contributed by atoms with Gasteiger partial charge in [0.2, 0.25) is 5.95 Å². The van der Waals surface area contributed by atoms with Gasteiger partial charge in [0.15, 0.2) is 0 Å². The Kier molecular flexibility index (Phi) is 6.05. The highest BCUT2D eigenvalue weighted by Crippen LogP contribution is 2.09. The number of aromatic nitrogens is 2. The zero-order valence-corrected chi connectivity index (χ0v) is 11.7. The van der Waals surface area contributed by atoms with Crippen LogP contribution in [0, 0.1) is 6.92 Å². The maximum Gasteiger partial charge on any atom is 0.203 e. The van der Waals surface area contributed by atoms with Crippen molar-refractivity contribution in [3.8, 4) is 0 Å². The van der Waals surface area contributed by atoms with Crippen LogP contribution in [0.4, 0.5) is 5.95 Å². The third-order valence-electron chi connectivity index (χ3n) is 2.68. The van der Waals surface area contributed by atoms with Crippen LogP contribution >= 0.6 is 0 Å². The lowest BCUT2D eigenvalue weighted by molar-refractivity contribution is 0.396. The predicted molar refractivity (Wildman–Crippen MR) is 73.5 cm³/mol. The van der Waals surface area contributed by atoms with E-state index >= 15 is 0 Å². The van der Waals surface area contributed by atoms with E-state index in [1.165, 1.54) is 12.8 Å². The van der Waals surface area contributed by atoms with Crippen LogP contribution in [0.5, 0.6) is 0 Å². The van der Waals surface area contributed by atoms with Gasteiger partial charge in [0, 0.05) is 19.3 Å². The summed E-state index contributed by atoms with van der Waals surface area (Å²) in [6, 6.07) is 0. The molecule has 0 amide bonds. The minimum absolute atomic E-state index is 1.01. The molecular weight excluding hydrogens is 212 g/mol. The Morgan fingerprint density at radius 2 is 2.12 bits per heavy atom. The average molecular weight is 238 g/mol. The van der Waals surface area contributed by atoms with Crippen LogP contribution in [0.1, 0.15) is 31.9 Å². The lowest BCUT2D eigenvalue weighted by atomic mass is 10.3. The fourth-order valence-electron chi connectivity index (χ4n) is 1.85. The number of hydrogen-bond acceptors (Lipinski definition) is 3. The first-order chi connectivity index (χ1) is 8.13. The second kappa shape index (κ2) is 7.33. The van der Waals surface area contributed by atoms with E-state index in [2.05, 4.69) is 47.0 Å². The van der Waals surface area contributed by atoms with Gasteiger partial charge in [0.25, 0.3) is 0 Å². The maximum absolute atomic E-state index is 4.50. The molecule has 4 nitrogen and oxygen atoms in total. The van der Waals surface area contributed by atoms with E-state index < -0.39 is 0 Å². The molecule has 0 radical (unpaired) electrons. The number of unbranched alkanes of at least 4 members (excludes halogenated alkanes) is 1. The van der Waals surface area contributed by atoms with Gasteiger partial charge in [-0.25, -0.2) is 4.98 Å². The molecule has 0 unspecified atom stereocenters. The van der Waals surface area contributed by atoms with E-state index in [1.807, 2.05) is 6.92 Å². The van der Waals surface area contributed by atoms with E-state index in [-0.39, 0.29) is 0 Å². The largest absolute Gasteiger partial charge is 0.356 e. The highest BCUT2D eigenvalue weighted by molar-refractivity contribution is 5.28. The Bertz CT molecular complexity index is 317. The quantitative estimate of drug-likeness (QED) is 0.706. The van der Waals surface area contributed by atoms with Crippen LogP contribution in [-0.4, -0.2) is 41.6 Å². The molecule has 0 saturated carbocycles. The molecule has 1 rings (SSSR count).